The summed E-state index contributed by atoms with van der Waals surface area (Å²) in [4.78, 5) is 0. The van der Waals surface area contributed by atoms with Crippen molar-refractivity contribution in [1.82, 2.24) is 24.9 Å². The highest BCUT2D eigenvalue weighted by Gasteiger charge is 2.18. The van der Waals surface area contributed by atoms with Crippen LogP contribution in [0.15, 0.2) is 24.5 Å². The first-order valence-electron chi connectivity index (χ1n) is 4.31. The van der Waals surface area contributed by atoms with Gasteiger partial charge in [0.05, 0.1) is 11.3 Å². The molecule has 0 unspecified atom stereocenters. The number of nitrogens with one attached hydrogen (secondary N) is 2. The Morgan fingerprint density at radius 3 is 3.14 bits per heavy atom. The van der Waals surface area contributed by atoms with Crippen molar-refractivity contribution >= 4 is 5.65 Å². The zero-order valence-corrected chi connectivity index (χ0v) is 7.60. The molecule has 0 spiro atoms. The van der Waals surface area contributed by atoms with E-state index in [1.807, 2.05) is 36.0 Å². The zero-order chi connectivity index (χ0) is 9.54. The van der Waals surface area contributed by atoms with Crippen molar-refractivity contribution in [3.63, 3.8) is 0 Å². The van der Waals surface area contributed by atoms with Gasteiger partial charge in [-0.2, -0.15) is 0 Å². The first-order chi connectivity index (χ1) is 6.84. The second-order valence-corrected chi connectivity index (χ2v) is 3.14. The lowest BCUT2D eigenvalue weighted by atomic mass is 10.5. The summed E-state index contributed by atoms with van der Waals surface area (Å²) in [7, 11) is 0. The molecule has 0 atom stereocenters. The van der Waals surface area contributed by atoms with Crippen LogP contribution in [0.25, 0.3) is 11.6 Å². The first kappa shape index (κ1) is 7.31. The van der Waals surface area contributed by atoms with Crippen LogP contribution in [-0.4, -0.2) is 24.9 Å². The molecule has 3 aromatic heterocycles. The van der Waals surface area contributed by atoms with Gasteiger partial charge < -0.3 is 0 Å². The Morgan fingerprint density at radius 2 is 2.36 bits per heavy atom. The number of hydrogen-bond donors (Lipinski definition) is 2. The van der Waals surface area contributed by atoms with E-state index in [9.17, 15) is 0 Å². The molecule has 3 aromatic rings. The fourth-order valence-electron chi connectivity index (χ4n) is 1.47. The fraction of sp³-hybridized carbons (Fsp3) is 0.125. The van der Waals surface area contributed by atoms with Gasteiger partial charge in [0.15, 0.2) is 0 Å². The van der Waals surface area contributed by atoms with Crippen LogP contribution >= 0.6 is 0 Å². The summed E-state index contributed by atoms with van der Waals surface area (Å²) in [5.74, 6) is 0.720. The molecule has 6 heteroatoms. The number of nitrogens with zero attached hydrogens (tertiary/aromatic N) is 4. The predicted octanol–water partition coefficient (Wildman–Crippen LogP) is -0.0294. The zero-order valence-electron chi connectivity index (χ0n) is 7.60. The molecule has 0 saturated carbocycles. The number of aryl methyl sites for hydroxylation is 1. The summed E-state index contributed by atoms with van der Waals surface area (Å²) >= 11 is 0. The van der Waals surface area contributed by atoms with E-state index in [2.05, 4.69) is 20.4 Å². The van der Waals surface area contributed by atoms with Gasteiger partial charge in [0.1, 0.15) is 0 Å². The molecule has 0 fully saturated rings. The summed E-state index contributed by atoms with van der Waals surface area (Å²) in [6, 6.07) is 3.84. The van der Waals surface area contributed by atoms with Gasteiger partial charge in [0.2, 0.25) is 0 Å². The smallest absolute Gasteiger partial charge is 0.252 e. The van der Waals surface area contributed by atoms with Crippen molar-refractivity contribution in [1.29, 1.82) is 0 Å². The van der Waals surface area contributed by atoms with Crippen LogP contribution in [0.3, 0.4) is 0 Å². The largest absolute Gasteiger partial charge is 0.467 e. The van der Waals surface area contributed by atoms with Gasteiger partial charge in [0.25, 0.3) is 5.65 Å². The second-order valence-electron chi connectivity index (χ2n) is 3.14. The molecule has 0 bridgehead atoms. The van der Waals surface area contributed by atoms with Crippen molar-refractivity contribution in [2.75, 3.05) is 0 Å². The number of rotatable bonds is 1. The SMILES string of the molecule is Cc1cc2nnc(-[n+]3ccc[nH]3)n2[nH]1. The molecule has 0 amide bonds. The lowest BCUT2D eigenvalue weighted by molar-refractivity contribution is -0.663. The van der Waals surface area contributed by atoms with Gasteiger partial charge in [-0.1, -0.05) is 0 Å². The van der Waals surface area contributed by atoms with E-state index in [1.165, 1.54) is 0 Å². The molecule has 14 heavy (non-hydrogen) atoms. The Kier molecular flexibility index (Phi) is 1.27. The standard InChI is InChI=1S/C8H8N6/c1-6-5-7-10-11-8(14(7)12-6)13-4-2-3-9-13/h2-5H,1H3,(H,10,12)/p+1. The van der Waals surface area contributed by atoms with E-state index in [1.54, 1.807) is 4.68 Å². The Morgan fingerprint density at radius 1 is 1.43 bits per heavy atom. The van der Waals surface area contributed by atoms with Gasteiger partial charge in [-0.05, 0) is 18.1 Å². The van der Waals surface area contributed by atoms with E-state index in [-0.39, 0.29) is 0 Å². The highest BCUT2D eigenvalue weighted by Crippen LogP contribution is 2.03. The fourth-order valence-corrected chi connectivity index (χ4v) is 1.47. The Bertz CT molecular complexity index is 558. The summed E-state index contributed by atoms with van der Waals surface area (Å²) < 4.78 is 3.61. The Hall–Kier alpha value is -2.11. The lowest BCUT2D eigenvalue weighted by Crippen LogP contribution is -2.34. The average Bonchev–Trinajstić information content (AvgIpc) is 2.77. The van der Waals surface area contributed by atoms with E-state index in [0.717, 1.165) is 17.3 Å². The summed E-state index contributed by atoms with van der Waals surface area (Å²) in [5, 5.41) is 14.2. The molecular formula is C8H9N6+. The number of hydrogen-bond acceptors (Lipinski definition) is 2. The van der Waals surface area contributed by atoms with Crippen molar-refractivity contribution in [2.45, 2.75) is 6.92 Å². The average molecular weight is 189 g/mol. The highest BCUT2D eigenvalue weighted by molar-refractivity contribution is 5.39. The van der Waals surface area contributed by atoms with E-state index >= 15 is 0 Å². The first-order valence-corrected chi connectivity index (χ1v) is 4.31. The van der Waals surface area contributed by atoms with Crippen molar-refractivity contribution in [3.8, 4) is 5.95 Å². The van der Waals surface area contributed by atoms with Crippen LogP contribution in [0.1, 0.15) is 5.69 Å². The maximum Gasteiger partial charge on any atom is 0.467 e. The van der Waals surface area contributed by atoms with Crippen molar-refractivity contribution < 1.29 is 4.68 Å². The third-order valence-electron chi connectivity index (χ3n) is 2.07. The molecule has 70 valence electrons. The number of aromatic amines is 2. The van der Waals surface area contributed by atoms with Crippen LogP contribution < -0.4 is 4.68 Å². The maximum atomic E-state index is 4.05. The van der Waals surface area contributed by atoms with Gasteiger partial charge in [-0.3, -0.25) is 5.10 Å². The molecule has 0 saturated heterocycles. The summed E-state index contributed by atoms with van der Waals surface area (Å²) in [5.41, 5.74) is 1.88. The van der Waals surface area contributed by atoms with Gasteiger partial charge in [-0.15, -0.1) is 9.20 Å². The minimum absolute atomic E-state index is 0.720. The number of aromatic nitrogens is 6. The monoisotopic (exact) mass is 189 g/mol. The molecule has 3 rings (SSSR count). The quantitative estimate of drug-likeness (QED) is 0.528. The van der Waals surface area contributed by atoms with Crippen LogP contribution in [0.5, 0.6) is 0 Å². The minimum Gasteiger partial charge on any atom is -0.252 e. The molecule has 3 heterocycles. The van der Waals surface area contributed by atoms with Crippen molar-refractivity contribution in [3.05, 3.63) is 30.2 Å². The molecule has 6 nitrogen and oxygen atoms in total. The molecule has 0 aromatic carbocycles. The van der Waals surface area contributed by atoms with Crippen LogP contribution in [0.4, 0.5) is 0 Å². The van der Waals surface area contributed by atoms with Gasteiger partial charge in [-0.25, -0.2) is 5.10 Å². The summed E-state index contributed by atoms with van der Waals surface area (Å²) in [6.45, 7) is 1.98. The number of fused-ring (bicyclic) bond motifs is 1. The molecule has 0 aliphatic carbocycles. The Labute approximate surface area is 79.2 Å². The maximum absolute atomic E-state index is 4.05. The van der Waals surface area contributed by atoms with E-state index < -0.39 is 0 Å². The predicted molar refractivity (Wildman–Crippen MR) is 48.0 cm³/mol. The third-order valence-corrected chi connectivity index (χ3v) is 2.07. The van der Waals surface area contributed by atoms with Gasteiger partial charge >= 0.3 is 5.95 Å². The molecule has 0 radical (unpaired) electrons. The molecule has 0 aliphatic heterocycles. The molecule has 0 aliphatic rings. The summed E-state index contributed by atoms with van der Waals surface area (Å²) in [6.07, 6.45) is 3.71. The van der Waals surface area contributed by atoms with Crippen molar-refractivity contribution in [2.24, 2.45) is 0 Å². The van der Waals surface area contributed by atoms with Crippen LogP contribution in [-0.2, 0) is 0 Å². The lowest BCUT2D eigenvalue weighted by Gasteiger charge is -1.86. The highest BCUT2D eigenvalue weighted by atomic mass is 15.5. The van der Waals surface area contributed by atoms with Gasteiger partial charge in [0, 0.05) is 18.0 Å². The molecular weight excluding hydrogens is 180 g/mol. The Balaban J connectivity index is 2.31. The number of H-pyrrole nitrogens is 2. The topological polar surface area (TPSA) is 65.7 Å². The molecule has 2 N–H and O–H groups in total. The van der Waals surface area contributed by atoms with E-state index in [0.29, 0.717) is 0 Å². The third kappa shape index (κ3) is 0.875. The normalized spacial score (nSPS) is 11.2. The minimum atomic E-state index is 0.720. The second kappa shape index (κ2) is 2.44. The van der Waals surface area contributed by atoms with Crippen LogP contribution in [0.2, 0.25) is 0 Å². The van der Waals surface area contributed by atoms with Crippen LogP contribution in [0, 0.1) is 6.92 Å². The van der Waals surface area contributed by atoms with E-state index in [4.69, 9.17) is 0 Å².